The third kappa shape index (κ3) is 47.5. The molecule has 0 saturated heterocycles. The Kier molecular flexibility index (Phi) is 50.6. The van der Waals surface area contributed by atoms with Crippen molar-refractivity contribution in [2.45, 2.75) is 265 Å². The average Bonchev–Trinajstić information content (AvgIpc) is 3.23. The van der Waals surface area contributed by atoms with Crippen molar-refractivity contribution in [2.24, 2.45) is 9.54 Å². The Balaban J connectivity index is 0. The van der Waals surface area contributed by atoms with Gasteiger partial charge in [0, 0.05) is 26.9 Å². The molecular weight excluding hydrogens is 769 g/mol. The van der Waals surface area contributed by atoms with Gasteiger partial charge in [-0.25, -0.2) is 9.35 Å². The lowest BCUT2D eigenvalue weighted by molar-refractivity contribution is -0.144. The molecule has 0 bridgehead atoms. The van der Waals surface area contributed by atoms with Crippen molar-refractivity contribution in [3.8, 4) is 0 Å². The Morgan fingerprint density at radius 3 is 1.33 bits per heavy atom. The van der Waals surface area contributed by atoms with Gasteiger partial charge < -0.3 is 19.3 Å². The minimum Gasteiger partial charge on any atom is -0.466 e. The first-order chi connectivity index (χ1) is 29.2. The number of hydrogen-bond donors (Lipinski definition) is 1. The van der Waals surface area contributed by atoms with Gasteiger partial charge in [-0.3, -0.25) is 9.59 Å². The molecule has 0 fully saturated rings. The van der Waals surface area contributed by atoms with E-state index in [4.69, 9.17) is 14.6 Å². The largest absolute Gasteiger partial charge is 0.466 e. The average molecular weight is 871 g/mol. The van der Waals surface area contributed by atoms with Crippen LogP contribution in [0.1, 0.15) is 259 Å². The van der Waals surface area contributed by atoms with Crippen LogP contribution in [0.5, 0.6) is 0 Å². The molecule has 0 aliphatic heterocycles. The van der Waals surface area contributed by atoms with E-state index < -0.39 is 11.2 Å². The Morgan fingerprint density at radius 2 is 0.917 bits per heavy atom. The van der Waals surface area contributed by atoms with Gasteiger partial charge in [-0.1, -0.05) is 182 Å². The molecule has 0 amide bonds. The van der Waals surface area contributed by atoms with E-state index in [1.165, 1.54) is 180 Å². The topological polar surface area (TPSA) is 115 Å². The number of unbranched alkanes of at least 4 members (excludes halogenated alkanes) is 26. The summed E-state index contributed by atoms with van der Waals surface area (Å²) >= 11 is -1.64. The number of esters is 1. The molecule has 1 atom stereocenters. The van der Waals surface area contributed by atoms with Gasteiger partial charge in [0.2, 0.25) is 11.2 Å². The molecular formula is C50H102N4O5S. The zero-order chi connectivity index (χ0) is 44.6. The van der Waals surface area contributed by atoms with Crippen LogP contribution >= 0.6 is 0 Å². The molecule has 0 radical (unpaired) electrons. The highest BCUT2D eigenvalue weighted by atomic mass is 32.2. The summed E-state index contributed by atoms with van der Waals surface area (Å²) in [6, 6.07) is 0. The predicted molar refractivity (Wildman–Crippen MR) is 261 cm³/mol. The highest BCUT2D eigenvalue weighted by Gasteiger charge is 2.10. The van der Waals surface area contributed by atoms with Gasteiger partial charge >= 0.3 is 5.97 Å². The third-order valence-electron chi connectivity index (χ3n) is 11.5. The predicted octanol–water partition coefficient (Wildman–Crippen LogP) is 14.0. The first kappa shape index (κ1) is 60.6. The van der Waals surface area contributed by atoms with E-state index in [1.54, 1.807) is 0 Å². The van der Waals surface area contributed by atoms with Crippen LogP contribution in [-0.4, -0.2) is 78.7 Å². The monoisotopic (exact) mass is 871 g/mol. The highest BCUT2D eigenvalue weighted by molar-refractivity contribution is 7.81. The Hall–Kier alpha value is -1.52. The van der Waals surface area contributed by atoms with Gasteiger partial charge in [-0.05, 0) is 83.8 Å². The molecule has 0 aromatic heterocycles. The van der Waals surface area contributed by atoms with Gasteiger partial charge in [-0.2, -0.15) is 4.40 Å². The summed E-state index contributed by atoms with van der Waals surface area (Å²) in [6.07, 6.45) is 43.8. The molecule has 358 valence electrons. The zero-order valence-corrected chi connectivity index (χ0v) is 41.6. The van der Waals surface area contributed by atoms with E-state index in [9.17, 15) is 13.8 Å². The van der Waals surface area contributed by atoms with E-state index in [0.29, 0.717) is 19.5 Å². The van der Waals surface area contributed by atoms with Crippen LogP contribution in [0.4, 0.5) is 0 Å². The SMILES string of the molecule is CCCCCCCCC(CCCCCCCC)OC=O.CCCCCCCCCOC(=O)CCCCCCCN(CCCCCCCC)CCCC/C(=N/S(N)=O)N(C)C. The van der Waals surface area contributed by atoms with Gasteiger partial charge in [-0.15, -0.1) is 0 Å². The van der Waals surface area contributed by atoms with Gasteiger partial charge in [0.15, 0.2) is 0 Å². The summed E-state index contributed by atoms with van der Waals surface area (Å²) in [7, 11) is 3.85. The van der Waals surface area contributed by atoms with Crippen molar-refractivity contribution < 1.29 is 23.3 Å². The number of carbonyl (C=O) groups is 2. The maximum atomic E-state index is 12.0. The first-order valence-corrected chi connectivity index (χ1v) is 26.8. The summed E-state index contributed by atoms with van der Waals surface area (Å²) in [5.74, 6) is 0.793. The second-order valence-corrected chi connectivity index (χ2v) is 18.3. The van der Waals surface area contributed by atoms with Crippen molar-refractivity contribution in [1.29, 1.82) is 0 Å². The van der Waals surface area contributed by atoms with Crippen LogP contribution in [0.2, 0.25) is 0 Å². The number of hydrogen-bond acceptors (Lipinski definition) is 6. The van der Waals surface area contributed by atoms with Gasteiger partial charge in [0.25, 0.3) is 6.47 Å². The van der Waals surface area contributed by atoms with Crippen molar-refractivity contribution >= 4 is 29.4 Å². The van der Waals surface area contributed by atoms with Crippen LogP contribution in [0.25, 0.3) is 0 Å². The smallest absolute Gasteiger partial charge is 0.305 e. The summed E-state index contributed by atoms with van der Waals surface area (Å²) in [4.78, 5) is 27.1. The molecule has 0 spiro atoms. The lowest BCUT2D eigenvalue weighted by Gasteiger charge is -2.23. The fourth-order valence-electron chi connectivity index (χ4n) is 7.64. The summed E-state index contributed by atoms with van der Waals surface area (Å²) in [5, 5.41) is 5.37. The minimum absolute atomic E-state index is 0.0173. The van der Waals surface area contributed by atoms with E-state index in [-0.39, 0.29) is 12.1 Å². The van der Waals surface area contributed by atoms with Crippen molar-refractivity contribution in [3.05, 3.63) is 0 Å². The number of carbonyl (C=O) groups excluding carboxylic acids is 2. The summed E-state index contributed by atoms with van der Waals surface area (Å²) in [6.45, 7) is 13.7. The fraction of sp³-hybridized carbons (Fsp3) is 0.940. The van der Waals surface area contributed by atoms with E-state index in [0.717, 1.165) is 70.3 Å². The van der Waals surface area contributed by atoms with Crippen molar-refractivity contribution in [3.63, 3.8) is 0 Å². The fourth-order valence-corrected chi connectivity index (χ4v) is 8.10. The Bertz CT molecular complexity index is 938. The molecule has 60 heavy (non-hydrogen) atoms. The first-order valence-electron chi connectivity index (χ1n) is 25.6. The Morgan fingerprint density at radius 1 is 0.550 bits per heavy atom. The molecule has 0 aromatic rings. The number of ether oxygens (including phenoxy) is 2. The quantitative estimate of drug-likeness (QED) is 0.0213. The molecule has 0 aliphatic carbocycles. The molecule has 9 nitrogen and oxygen atoms in total. The molecule has 10 heteroatoms. The standard InChI is InChI=1S/C32H66N4O3S.C18H36O2/c1-5-7-9-11-13-18-24-30-39-32(37)26-19-15-14-17-22-28-36(27-21-16-12-10-8-6-2)29-23-20-25-31(35(3)4)34-40(33)38;1-3-5-7-9-11-13-15-18(20-17-19)16-14-12-10-8-6-4-2/h5-30,33H2,1-4H3;17-18H,3-16H2,1-2H3/b34-31-;. The second-order valence-electron chi connectivity index (χ2n) is 17.6. The number of nitrogens with two attached hydrogens (primary N) is 1. The van der Waals surface area contributed by atoms with Gasteiger partial charge in [0.05, 0.1) is 6.61 Å². The summed E-state index contributed by atoms with van der Waals surface area (Å²) in [5.41, 5.74) is 0. The van der Waals surface area contributed by atoms with Crippen LogP contribution < -0.4 is 5.14 Å². The summed E-state index contributed by atoms with van der Waals surface area (Å²) < 4.78 is 26.0. The number of nitrogens with zero attached hydrogens (tertiary/aromatic N) is 3. The van der Waals surface area contributed by atoms with E-state index in [2.05, 4.69) is 37.0 Å². The van der Waals surface area contributed by atoms with Crippen LogP contribution in [0.3, 0.4) is 0 Å². The minimum atomic E-state index is -1.64. The Labute approximate surface area is 376 Å². The van der Waals surface area contributed by atoms with Crippen molar-refractivity contribution in [2.75, 3.05) is 40.3 Å². The van der Waals surface area contributed by atoms with Crippen LogP contribution in [-0.2, 0) is 30.2 Å². The second kappa shape index (κ2) is 50.1. The van der Waals surface area contributed by atoms with E-state index >= 15 is 0 Å². The third-order valence-corrected chi connectivity index (χ3v) is 11.9. The lowest BCUT2D eigenvalue weighted by Crippen LogP contribution is -2.28. The molecule has 0 saturated carbocycles. The highest BCUT2D eigenvalue weighted by Crippen LogP contribution is 2.17. The number of amidine groups is 1. The molecule has 0 aromatic carbocycles. The number of rotatable bonds is 45. The van der Waals surface area contributed by atoms with Crippen molar-refractivity contribution in [1.82, 2.24) is 9.80 Å². The van der Waals surface area contributed by atoms with Gasteiger partial charge in [0.1, 0.15) is 11.9 Å². The normalized spacial score (nSPS) is 12.1. The zero-order valence-electron chi connectivity index (χ0n) is 40.8. The maximum absolute atomic E-state index is 12.0. The maximum Gasteiger partial charge on any atom is 0.305 e. The molecule has 0 rings (SSSR count). The lowest BCUT2D eigenvalue weighted by atomic mass is 10.0. The molecule has 0 heterocycles. The van der Waals surface area contributed by atoms with Crippen LogP contribution in [0, 0.1) is 0 Å². The molecule has 1 unspecified atom stereocenters. The molecule has 2 N–H and O–H groups in total. The molecule has 0 aliphatic rings. The van der Waals surface area contributed by atoms with Crippen LogP contribution in [0.15, 0.2) is 4.40 Å². The van der Waals surface area contributed by atoms with E-state index in [1.807, 2.05) is 19.0 Å².